The van der Waals surface area contributed by atoms with E-state index in [-0.39, 0.29) is 0 Å². The number of pyridine rings is 2. The summed E-state index contributed by atoms with van der Waals surface area (Å²) in [5, 5.41) is 0. The average molecular weight is 523 g/mol. The summed E-state index contributed by atoms with van der Waals surface area (Å²) >= 11 is -3.06. The van der Waals surface area contributed by atoms with Crippen LogP contribution in [0.2, 0.25) is 0 Å². The van der Waals surface area contributed by atoms with E-state index in [0.29, 0.717) is 0 Å². The molecule has 19 heavy (non-hydrogen) atoms. The molecule has 0 fully saturated rings. The van der Waals surface area contributed by atoms with Crippen molar-refractivity contribution < 1.29 is 11.9 Å². The minimum atomic E-state index is -3.06. The summed E-state index contributed by atoms with van der Waals surface area (Å²) in [5.41, 5.74) is 2.42. The molecule has 0 aromatic carbocycles. The van der Waals surface area contributed by atoms with Crippen molar-refractivity contribution in [3.63, 3.8) is 0 Å². The van der Waals surface area contributed by atoms with E-state index in [0.717, 1.165) is 0 Å². The first-order chi connectivity index (χ1) is 8.79. The fourth-order valence-electron chi connectivity index (χ4n) is 0.896. The van der Waals surface area contributed by atoms with Crippen LogP contribution in [0.1, 0.15) is 11.1 Å². The number of nitrogens with zero attached hydrogens (tertiary/aromatic N) is 2. The predicted molar refractivity (Wildman–Crippen MR) is 81.4 cm³/mol. The molecule has 0 aliphatic heterocycles. The van der Waals surface area contributed by atoms with Gasteiger partial charge in [0.05, 0.1) is 0 Å². The Balaban J connectivity index is 0.000000261. The molecule has 0 bridgehead atoms. The van der Waals surface area contributed by atoms with E-state index in [1.165, 1.54) is 11.1 Å². The number of hydrogen-bond acceptors (Lipinski definition) is 2. The van der Waals surface area contributed by atoms with Gasteiger partial charge in [-0.2, -0.15) is 0 Å². The molecule has 7 heteroatoms. The molecule has 0 aliphatic carbocycles. The van der Waals surface area contributed by atoms with Crippen LogP contribution in [0.4, 0.5) is 0 Å². The molecule has 0 saturated carbocycles. The Morgan fingerprint density at radius 2 is 1.11 bits per heavy atom. The van der Waals surface area contributed by atoms with Crippen LogP contribution >= 0.6 is 37.7 Å². The van der Waals surface area contributed by atoms with Crippen molar-refractivity contribution in [1.82, 2.24) is 9.97 Å². The second-order valence-electron chi connectivity index (χ2n) is 3.33. The topological polar surface area (TPSA) is 25.8 Å². The van der Waals surface area contributed by atoms with Gasteiger partial charge in [0, 0.05) is 24.8 Å². The molecule has 0 radical (unpaired) electrons. The van der Waals surface area contributed by atoms with Gasteiger partial charge >= 0.3 is 49.6 Å². The van der Waals surface area contributed by atoms with Crippen LogP contribution in [0.5, 0.6) is 0 Å². The van der Waals surface area contributed by atoms with Crippen LogP contribution in [0.3, 0.4) is 0 Å². The van der Waals surface area contributed by atoms with Gasteiger partial charge < -0.3 is 0 Å². The average Bonchev–Trinajstić information content (AvgIpc) is 2.29. The summed E-state index contributed by atoms with van der Waals surface area (Å²) in [7, 11) is 20.0. The van der Waals surface area contributed by atoms with Crippen molar-refractivity contribution in [2.75, 3.05) is 0 Å². The molecule has 0 amide bonds. The van der Waals surface area contributed by atoms with Crippen molar-refractivity contribution in [2.24, 2.45) is 0 Å². The standard InChI is InChI=1S/2C6H7N.4ClH.Pt/c2*1-6-3-2-4-7-5-6;;;;;/h2*2-5H,1H3;4*1H;/q;;;;;;+4/p-4. The van der Waals surface area contributed by atoms with E-state index >= 15 is 0 Å². The van der Waals surface area contributed by atoms with Gasteiger partial charge in [-0.15, -0.1) is 0 Å². The molecular formula is C12H14Cl4N2Pt. The van der Waals surface area contributed by atoms with E-state index in [4.69, 9.17) is 37.7 Å². The number of halogens is 4. The second kappa shape index (κ2) is 10.9. The zero-order valence-corrected chi connectivity index (χ0v) is 15.6. The molecule has 110 valence electrons. The van der Waals surface area contributed by atoms with Gasteiger partial charge in [-0.3, -0.25) is 9.97 Å². The first-order valence-electron chi connectivity index (χ1n) is 5.00. The third kappa shape index (κ3) is 18.1. The van der Waals surface area contributed by atoms with Crippen molar-refractivity contribution in [3.8, 4) is 0 Å². The zero-order chi connectivity index (χ0) is 14.7. The van der Waals surface area contributed by atoms with Crippen LogP contribution in [0, 0.1) is 13.8 Å². The molecule has 0 unspecified atom stereocenters. The van der Waals surface area contributed by atoms with Crippen LogP contribution in [0.15, 0.2) is 49.1 Å². The molecular weight excluding hydrogens is 509 g/mol. The summed E-state index contributed by atoms with van der Waals surface area (Å²) in [6, 6.07) is 7.89. The Bertz CT molecular complexity index is 391. The summed E-state index contributed by atoms with van der Waals surface area (Å²) in [6.07, 6.45) is 7.21. The van der Waals surface area contributed by atoms with Crippen LogP contribution in [-0.4, -0.2) is 9.97 Å². The van der Waals surface area contributed by atoms with Gasteiger partial charge in [0.15, 0.2) is 0 Å². The van der Waals surface area contributed by atoms with Gasteiger partial charge in [0.1, 0.15) is 0 Å². The fraction of sp³-hybridized carbons (Fsp3) is 0.167. The third-order valence-corrected chi connectivity index (χ3v) is 1.62. The first-order valence-corrected chi connectivity index (χ1v) is 16.3. The van der Waals surface area contributed by atoms with Crippen molar-refractivity contribution >= 4 is 37.7 Å². The molecule has 0 saturated heterocycles. The molecule has 0 N–H and O–H groups in total. The van der Waals surface area contributed by atoms with Gasteiger partial charge in [-0.25, -0.2) is 0 Å². The van der Waals surface area contributed by atoms with E-state index in [1.54, 1.807) is 12.4 Å². The van der Waals surface area contributed by atoms with Crippen LogP contribution in [0.25, 0.3) is 0 Å². The summed E-state index contributed by atoms with van der Waals surface area (Å²) in [6.45, 7) is 4.04. The molecule has 0 spiro atoms. The molecule has 2 nitrogen and oxygen atoms in total. The third-order valence-electron chi connectivity index (χ3n) is 1.62. The Hall–Kier alpha value is 0.148. The van der Waals surface area contributed by atoms with Crippen molar-refractivity contribution in [1.29, 1.82) is 0 Å². The Morgan fingerprint density at radius 1 is 0.789 bits per heavy atom. The van der Waals surface area contributed by atoms with Crippen molar-refractivity contribution in [3.05, 3.63) is 60.2 Å². The zero-order valence-electron chi connectivity index (χ0n) is 10.3. The van der Waals surface area contributed by atoms with E-state index in [9.17, 15) is 0 Å². The minimum absolute atomic E-state index is 1.21. The fourth-order valence-corrected chi connectivity index (χ4v) is 0.896. The molecule has 0 aliphatic rings. The van der Waals surface area contributed by atoms with E-state index in [2.05, 4.69) is 9.97 Å². The Labute approximate surface area is 133 Å². The normalized spacial score (nSPS) is 10.4. The monoisotopic (exact) mass is 521 g/mol. The SMILES string of the molecule is Cc1cccnc1.Cc1cccnc1.[Cl][Pt]([Cl])([Cl])[Cl]. The van der Waals surface area contributed by atoms with E-state index < -0.39 is 11.9 Å². The maximum atomic E-state index is 5.01. The molecule has 2 rings (SSSR count). The van der Waals surface area contributed by atoms with Gasteiger partial charge in [-0.1, -0.05) is 12.1 Å². The summed E-state index contributed by atoms with van der Waals surface area (Å²) in [4.78, 5) is 7.77. The molecule has 2 aromatic rings. The molecule has 0 atom stereocenters. The van der Waals surface area contributed by atoms with Gasteiger partial charge in [-0.05, 0) is 37.1 Å². The maximum absolute atomic E-state index is 5.01. The second-order valence-corrected chi connectivity index (χ2v) is 23.0. The van der Waals surface area contributed by atoms with E-state index in [1.807, 2.05) is 50.5 Å². The predicted octanol–water partition coefficient (Wildman–Crippen LogP) is 5.54. The van der Waals surface area contributed by atoms with Gasteiger partial charge in [0.2, 0.25) is 0 Å². The summed E-state index contributed by atoms with van der Waals surface area (Å²) in [5.74, 6) is 0. The summed E-state index contributed by atoms with van der Waals surface area (Å²) < 4.78 is 0. The number of hydrogen-bond donors (Lipinski definition) is 0. The number of rotatable bonds is 0. The number of aromatic nitrogens is 2. The number of aryl methyl sites for hydroxylation is 2. The molecule has 2 aromatic heterocycles. The van der Waals surface area contributed by atoms with Crippen LogP contribution in [-0.2, 0) is 11.9 Å². The quantitative estimate of drug-likeness (QED) is 0.454. The van der Waals surface area contributed by atoms with Crippen molar-refractivity contribution in [2.45, 2.75) is 13.8 Å². The Kier molecular flexibility index (Phi) is 11.0. The molecule has 2 heterocycles. The first kappa shape index (κ1) is 19.1. The van der Waals surface area contributed by atoms with Crippen LogP contribution < -0.4 is 0 Å². The van der Waals surface area contributed by atoms with Gasteiger partial charge in [0.25, 0.3) is 0 Å². The Morgan fingerprint density at radius 3 is 1.21 bits per heavy atom.